The van der Waals surface area contributed by atoms with Gasteiger partial charge in [-0.3, -0.25) is 0 Å². The number of benzene rings is 1. The van der Waals surface area contributed by atoms with Crippen LogP contribution in [0.15, 0.2) is 75.9 Å². The van der Waals surface area contributed by atoms with Crippen LogP contribution in [0, 0.1) is 0 Å². The summed E-state index contributed by atoms with van der Waals surface area (Å²) < 4.78 is 15.8. The molecule has 1 aromatic heterocycles. The van der Waals surface area contributed by atoms with Crippen molar-refractivity contribution in [3.05, 3.63) is 77.1 Å². The zero-order valence-electron chi connectivity index (χ0n) is 14.6. The van der Waals surface area contributed by atoms with Gasteiger partial charge in [-0.25, -0.2) is 9.59 Å². The van der Waals surface area contributed by atoms with Crippen molar-refractivity contribution < 1.29 is 18.7 Å². The smallest absolute Gasteiger partial charge is 0.338 e. The van der Waals surface area contributed by atoms with E-state index in [1.807, 2.05) is 36.2 Å². The van der Waals surface area contributed by atoms with E-state index in [2.05, 4.69) is 6.58 Å². The fourth-order valence-electron chi connectivity index (χ4n) is 2.92. The van der Waals surface area contributed by atoms with Gasteiger partial charge in [0.1, 0.15) is 5.58 Å². The first kappa shape index (κ1) is 17.5. The van der Waals surface area contributed by atoms with Crippen molar-refractivity contribution in [1.82, 2.24) is 0 Å². The van der Waals surface area contributed by atoms with Crippen LogP contribution in [0.2, 0.25) is 0 Å². The van der Waals surface area contributed by atoms with Crippen LogP contribution >= 0.6 is 0 Å². The second-order valence-corrected chi connectivity index (χ2v) is 5.81. The van der Waals surface area contributed by atoms with E-state index in [4.69, 9.17) is 13.9 Å². The summed E-state index contributed by atoms with van der Waals surface area (Å²) in [6.07, 6.45) is 5.20. The highest BCUT2D eigenvalue weighted by molar-refractivity contribution is 5.90. The lowest BCUT2D eigenvalue weighted by atomic mass is 10.0. The minimum Gasteiger partial charge on any atom is -0.493 e. The van der Waals surface area contributed by atoms with Gasteiger partial charge in [0.25, 0.3) is 0 Å². The van der Waals surface area contributed by atoms with Crippen molar-refractivity contribution in [2.24, 2.45) is 0 Å². The molecule has 1 aliphatic rings. The highest BCUT2D eigenvalue weighted by Crippen LogP contribution is 2.30. The molecular formula is C20H19NO5. The maximum atomic E-state index is 11.9. The van der Waals surface area contributed by atoms with E-state index in [0.29, 0.717) is 23.5 Å². The number of para-hydroxylation sites is 1. The third-order valence-electron chi connectivity index (χ3n) is 4.26. The number of likely N-dealkylation sites (N-methyl/N-ethyl adjacent to an activating group) is 1. The van der Waals surface area contributed by atoms with Crippen molar-refractivity contribution in [2.45, 2.75) is 12.5 Å². The number of anilines is 1. The number of rotatable bonds is 5. The molecule has 26 heavy (non-hydrogen) atoms. The number of ether oxygens (including phenoxy) is 2. The average Bonchev–Trinajstić information content (AvgIpc) is 2.66. The van der Waals surface area contributed by atoms with Crippen molar-refractivity contribution in [3.63, 3.8) is 0 Å². The van der Waals surface area contributed by atoms with E-state index in [-0.39, 0.29) is 6.04 Å². The number of fused-ring (bicyclic) bond motifs is 1. The van der Waals surface area contributed by atoms with Gasteiger partial charge in [0, 0.05) is 31.0 Å². The van der Waals surface area contributed by atoms with Gasteiger partial charge >= 0.3 is 11.6 Å². The Hall–Kier alpha value is -3.28. The Morgan fingerprint density at radius 3 is 2.88 bits per heavy atom. The van der Waals surface area contributed by atoms with Crippen molar-refractivity contribution in [3.8, 4) is 0 Å². The molecular weight excluding hydrogens is 334 g/mol. The molecule has 0 saturated carbocycles. The van der Waals surface area contributed by atoms with Gasteiger partial charge in [0.05, 0.1) is 18.8 Å². The minimum absolute atomic E-state index is 0.133. The molecule has 134 valence electrons. The number of methoxy groups -OCH3 is 1. The molecule has 0 amide bonds. The van der Waals surface area contributed by atoms with Crippen LogP contribution in [-0.4, -0.2) is 26.2 Å². The molecule has 0 radical (unpaired) electrons. The summed E-state index contributed by atoms with van der Waals surface area (Å²) in [6.45, 7) is 3.41. The van der Waals surface area contributed by atoms with Crippen LogP contribution in [-0.2, 0) is 14.3 Å². The Morgan fingerprint density at radius 1 is 1.38 bits per heavy atom. The zero-order chi connectivity index (χ0) is 18.7. The topological polar surface area (TPSA) is 69.0 Å². The number of esters is 1. The van der Waals surface area contributed by atoms with E-state index in [0.717, 1.165) is 17.1 Å². The fourth-order valence-corrected chi connectivity index (χ4v) is 2.92. The highest BCUT2D eigenvalue weighted by atomic mass is 16.6. The Kier molecular flexibility index (Phi) is 4.93. The molecule has 1 aliphatic carbocycles. The lowest BCUT2D eigenvalue weighted by Gasteiger charge is -2.31. The molecule has 0 spiro atoms. The second-order valence-electron chi connectivity index (χ2n) is 5.81. The molecule has 3 rings (SSSR count). The molecule has 0 N–H and O–H groups in total. The number of carbonyl (C=O) groups excluding carboxylic acids is 1. The Morgan fingerprint density at radius 2 is 2.15 bits per heavy atom. The van der Waals surface area contributed by atoms with Crippen LogP contribution < -0.4 is 10.5 Å². The number of hydrogen-bond donors (Lipinski definition) is 0. The summed E-state index contributed by atoms with van der Waals surface area (Å²) in [7, 11) is 3.39. The largest absolute Gasteiger partial charge is 0.493 e. The van der Waals surface area contributed by atoms with E-state index in [9.17, 15) is 9.59 Å². The summed E-state index contributed by atoms with van der Waals surface area (Å²) in [5.41, 5.74) is 0.839. The molecule has 0 aliphatic heterocycles. The lowest BCUT2D eigenvalue weighted by Crippen LogP contribution is -2.33. The van der Waals surface area contributed by atoms with Gasteiger partial charge in [-0.15, -0.1) is 0 Å². The molecule has 1 heterocycles. The maximum Gasteiger partial charge on any atom is 0.338 e. The average molecular weight is 353 g/mol. The predicted octanol–water partition coefficient (Wildman–Crippen LogP) is 3.14. The quantitative estimate of drug-likeness (QED) is 0.467. The van der Waals surface area contributed by atoms with Crippen LogP contribution in [0.3, 0.4) is 0 Å². The summed E-state index contributed by atoms with van der Waals surface area (Å²) in [5, 5.41) is 0.828. The lowest BCUT2D eigenvalue weighted by molar-refractivity contribution is -0.134. The monoisotopic (exact) mass is 353 g/mol. The van der Waals surface area contributed by atoms with Crippen molar-refractivity contribution >= 4 is 22.6 Å². The van der Waals surface area contributed by atoms with E-state index < -0.39 is 11.6 Å². The van der Waals surface area contributed by atoms with Crippen LogP contribution in [0.25, 0.3) is 11.0 Å². The fraction of sp³-hybridized carbons (Fsp3) is 0.200. The zero-order valence-corrected chi connectivity index (χ0v) is 14.6. The Balaban J connectivity index is 1.95. The first-order chi connectivity index (χ1) is 12.5. The molecule has 2 aromatic rings. The molecule has 0 bridgehead atoms. The van der Waals surface area contributed by atoms with Gasteiger partial charge in [0.2, 0.25) is 0 Å². The van der Waals surface area contributed by atoms with Crippen molar-refractivity contribution in [1.29, 1.82) is 0 Å². The molecule has 0 fully saturated rings. The van der Waals surface area contributed by atoms with Gasteiger partial charge in [-0.1, -0.05) is 24.8 Å². The first-order valence-corrected chi connectivity index (χ1v) is 8.08. The molecule has 0 saturated heterocycles. The second kappa shape index (κ2) is 7.31. The Bertz CT molecular complexity index is 970. The maximum absolute atomic E-state index is 11.9. The third-order valence-corrected chi connectivity index (χ3v) is 4.26. The summed E-state index contributed by atoms with van der Waals surface area (Å²) in [4.78, 5) is 25.5. The Labute approximate surface area is 150 Å². The predicted molar refractivity (Wildman–Crippen MR) is 98.8 cm³/mol. The third kappa shape index (κ3) is 3.39. The van der Waals surface area contributed by atoms with Crippen LogP contribution in [0.1, 0.15) is 6.42 Å². The first-order valence-electron chi connectivity index (χ1n) is 8.08. The van der Waals surface area contributed by atoms with Gasteiger partial charge < -0.3 is 18.8 Å². The standard InChI is InChI=1S/C20H19NO5/c1-4-19(22)26-18-11-13(9-10-17(18)24-3)21(2)15-12-20(23)25-16-8-6-5-7-14(15)16/h4-10,12-13H,1,11H2,2-3H3. The molecule has 6 nitrogen and oxygen atoms in total. The van der Waals surface area contributed by atoms with E-state index in [1.165, 1.54) is 13.2 Å². The van der Waals surface area contributed by atoms with Crippen LogP contribution in [0.4, 0.5) is 5.69 Å². The summed E-state index contributed by atoms with van der Waals surface area (Å²) in [5.74, 6) is 0.364. The minimum atomic E-state index is -0.544. The normalized spacial score (nSPS) is 16.5. The number of carbonyl (C=O) groups is 1. The van der Waals surface area contributed by atoms with Gasteiger partial charge in [-0.05, 0) is 18.2 Å². The van der Waals surface area contributed by atoms with Crippen LogP contribution in [0.5, 0.6) is 0 Å². The van der Waals surface area contributed by atoms with E-state index in [1.54, 1.807) is 12.1 Å². The SMILES string of the molecule is C=CC(=O)OC1=C(OC)C=CC(N(C)c2cc(=O)oc3ccccc23)C1. The molecule has 6 heteroatoms. The number of allylic oxidation sites excluding steroid dienone is 1. The number of nitrogens with zero attached hydrogens (tertiary/aromatic N) is 1. The van der Waals surface area contributed by atoms with Gasteiger partial charge in [0.15, 0.2) is 11.5 Å². The summed E-state index contributed by atoms with van der Waals surface area (Å²) >= 11 is 0. The molecule has 1 aromatic carbocycles. The van der Waals surface area contributed by atoms with E-state index >= 15 is 0 Å². The molecule has 1 atom stereocenters. The number of hydrogen-bond acceptors (Lipinski definition) is 6. The van der Waals surface area contributed by atoms with Gasteiger partial charge in [-0.2, -0.15) is 0 Å². The highest BCUT2D eigenvalue weighted by Gasteiger charge is 2.24. The van der Waals surface area contributed by atoms with Crippen molar-refractivity contribution in [2.75, 3.05) is 19.1 Å². The summed E-state index contributed by atoms with van der Waals surface area (Å²) in [6, 6.07) is 8.68. The molecule has 1 unspecified atom stereocenters.